The topological polar surface area (TPSA) is 95.3 Å². The predicted octanol–water partition coefficient (Wildman–Crippen LogP) is 7.44. The number of amides is 3. The molecule has 0 aliphatic carbocycles. The van der Waals surface area contributed by atoms with E-state index < -0.39 is 6.09 Å². The van der Waals surface area contributed by atoms with E-state index in [0.717, 1.165) is 34.4 Å². The van der Waals surface area contributed by atoms with Gasteiger partial charge in [-0.2, -0.15) is 0 Å². The van der Waals surface area contributed by atoms with E-state index in [0.29, 0.717) is 47.0 Å². The lowest BCUT2D eigenvalue weighted by Crippen LogP contribution is -2.42. The maximum Gasteiger partial charge on any atom is 0.407 e. The fraction of sp³-hybridized carbons (Fsp3) is 0.244. The third-order valence-electron chi connectivity index (χ3n) is 10.1. The number of carbonyl (C=O) groups excluding carboxylic acids is 2. The molecule has 4 aromatic carbocycles. The fourth-order valence-corrected chi connectivity index (χ4v) is 7.06. The first-order valence-corrected chi connectivity index (χ1v) is 16.8. The van der Waals surface area contributed by atoms with E-state index in [1.165, 1.54) is 10.5 Å². The minimum absolute atomic E-state index is 0.0231. The van der Waals surface area contributed by atoms with Crippen LogP contribution in [0.5, 0.6) is 5.75 Å². The first-order chi connectivity index (χ1) is 24.1. The summed E-state index contributed by atoms with van der Waals surface area (Å²) < 4.78 is 7.88. The highest BCUT2D eigenvalue weighted by Gasteiger charge is 2.33. The minimum Gasteiger partial charge on any atom is -0.489 e. The van der Waals surface area contributed by atoms with Crippen LogP contribution in [0.2, 0.25) is 0 Å². The Morgan fingerprint density at radius 3 is 2.18 bits per heavy atom. The summed E-state index contributed by atoms with van der Waals surface area (Å²) in [6.07, 6.45) is -0.248. The van der Waals surface area contributed by atoms with Gasteiger partial charge in [0, 0.05) is 68.0 Å². The number of hydrogen-bond acceptors (Lipinski definition) is 4. The Hall–Kier alpha value is -5.83. The molecule has 7 rings (SSSR count). The van der Waals surface area contributed by atoms with Gasteiger partial charge in [-0.1, -0.05) is 54.6 Å². The van der Waals surface area contributed by atoms with Crippen molar-refractivity contribution in [3.05, 3.63) is 142 Å². The highest BCUT2D eigenvalue weighted by atomic mass is 16.5. The molecule has 254 valence electrons. The largest absolute Gasteiger partial charge is 0.489 e. The van der Waals surface area contributed by atoms with Crippen LogP contribution in [0.3, 0.4) is 0 Å². The second kappa shape index (κ2) is 13.2. The van der Waals surface area contributed by atoms with Crippen LogP contribution in [0.15, 0.2) is 97.1 Å². The molecule has 1 atom stereocenters. The summed E-state index contributed by atoms with van der Waals surface area (Å²) in [5.74, 6) is 0.407. The van der Waals surface area contributed by atoms with Crippen LogP contribution in [-0.2, 0) is 39.7 Å². The van der Waals surface area contributed by atoms with Gasteiger partial charge in [0.05, 0.1) is 5.56 Å². The zero-order chi connectivity index (χ0) is 35.1. The molecule has 0 spiro atoms. The molecule has 0 fully saturated rings. The zero-order valence-electron chi connectivity index (χ0n) is 28.7. The second-order valence-electron chi connectivity index (χ2n) is 13.3. The Labute approximate surface area is 291 Å². The van der Waals surface area contributed by atoms with Crippen LogP contribution in [0, 0.1) is 6.92 Å². The van der Waals surface area contributed by atoms with E-state index in [4.69, 9.17) is 4.74 Å². The number of rotatable bonds is 7. The van der Waals surface area contributed by atoms with Gasteiger partial charge in [0.15, 0.2) is 0 Å². The van der Waals surface area contributed by atoms with Crippen LogP contribution in [0.1, 0.15) is 61.2 Å². The normalized spacial score (nSPS) is 15.0. The molecule has 2 aliphatic rings. The van der Waals surface area contributed by atoms with Crippen molar-refractivity contribution in [3.8, 4) is 17.0 Å². The standard InChI is InChI=1S/C41H40N4O5/c1-26-18-29-12-8-9-13-30(29)24-45(26)40(47)37-20-32-23-44(41(48)49)22-31(32)19-36(37)38-21-35(27(2)42(38)3)39(46)43(4)33-14-16-34(17-15-33)50-25-28-10-6-5-7-11-28/h5-17,19-21,26H,18,22-25H2,1-4H3,(H,48,49)/t26-/m1/s1. The average molecular weight is 669 g/mol. The van der Waals surface area contributed by atoms with Crippen molar-refractivity contribution in [2.75, 3.05) is 11.9 Å². The predicted molar refractivity (Wildman–Crippen MR) is 192 cm³/mol. The van der Waals surface area contributed by atoms with Crippen LogP contribution >= 0.6 is 0 Å². The summed E-state index contributed by atoms with van der Waals surface area (Å²) in [4.78, 5) is 45.3. The second-order valence-corrected chi connectivity index (χ2v) is 13.3. The van der Waals surface area contributed by atoms with E-state index in [1.807, 2.05) is 108 Å². The number of aromatic nitrogens is 1. The highest BCUT2D eigenvalue weighted by Crippen LogP contribution is 2.36. The number of nitrogens with zero attached hydrogens (tertiary/aromatic N) is 4. The molecule has 1 N–H and O–H groups in total. The third kappa shape index (κ3) is 6.11. The maximum atomic E-state index is 14.5. The lowest BCUT2D eigenvalue weighted by molar-refractivity contribution is 0.0658. The molecule has 0 radical (unpaired) electrons. The molecule has 3 heterocycles. The van der Waals surface area contributed by atoms with Crippen molar-refractivity contribution in [2.45, 2.75) is 52.6 Å². The Bertz CT molecular complexity index is 2100. The van der Waals surface area contributed by atoms with Gasteiger partial charge in [0.2, 0.25) is 0 Å². The summed E-state index contributed by atoms with van der Waals surface area (Å²) in [7, 11) is 3.64. The van der Waals surface area contributed by atoms with Crippen LogP contribution < -0.4 is 9.64 Å². The SMILES string of the molecule is Cc1c(C(=O)N(C)c2ccc(OCc3ccccc3)cc2)cc(-c2cc3c(cc2C(=O)N2Cc4ccccc4C[C@H]2C)CN(C(=O)O)C3)n1C. The molecule has 9 heteroatoms. The summed E-state index contributed by atoms with van der Waals surface area (Å²) in [5.41, 5.74) is 9.00. The van der Waals surface area contributed by atoms with Crippen molar-refractivity contribution < 1.29 is 24.2 Å². The Morgan fingerprint density at radius 2 is 1.48 bits per heavy atom. The Morgan fingerprint density at radius 1 is 0.820 bits per heavy atom. The van der Waals surface area contributed by atoms with E-state index in [1.54, 1.807) is 11.9 Å². The molecule has 5 aromatic rings. The zero-order valence-corrected chi connectivity index (χ0v) is 28.7. The first-order valence-electron chi connectivity index (χ1n) is 16.8. The van der Waals surface area contributed by atoms with Gasteiger partial charge in [-0.05, 0) is 90.6 Å². The molecule has 0 bridgehead atoms. The molecule has 3 amide bonds. The molecule has 0 unspecified atom stereocenters. The molecule has 0 saturated heterocycles. The summed E-state index contributed by atoms with van der Waals surface area (Å²) >= 11 is 0. The fourth-order valence-electron chi connectivity index (χ4n) is 7.06. The molecule has 9 nitrogen and oxygen atoms in total. The van der Waals surface area contributed by atoms with E-state index in [2.05, 4.69) is 19.1 Å². The van der Waals surface area contributed by atoms with Crippen molar-refractivity contribution >= 4 is 23.6 Å². The molecular weight excluding hydrogens is 628 g/mol. The monoisotopic (exact) mass is 668 g/mol. The van der Waals surface area contributed by atoms with Gasteiger partial charge in [-0.25, -0.2) is 4.79 Å². The van der Waals surface area contributed by atoms with Gasteiger partial charge in [0.1, 0.15) is 12.4 Å². The lowest BCUT2D eigenvalue weighted by atomic mass is 9.92. The van der Waals surface area contributed by atoms with Crippen LogP contribution in [0.25, 0.3) is 11.3 Å². The first kappa shape index (κ1) is 32.7. The molecule has 0 saturated carbocycles. The van der Waals surface area contributed by atoms with Crippen molar-refractivity contribution in [2.24, 2.45) is 7.05 Å². The van der Waals surface area contributed by atoms with Gasteiger partial charge in [0.25, 0.3) is 11.8 Å². The van der Waals surface area contributed by atoms with E-state index >= 15 is 0 Å². The van der Waals surface area contributed by atoms with Crippen molar-refractivity contribution in [1.29, 1.82) is 0 Å². The molecule has 50 heavy (non-hydrogen) atoms. The van der Waals surface area contributed by atoms with Gasteiger partial charge in [-0.15, -0.1) is 0 Å². The van der Waals surface area contributed by atoms with E-state index in [9.17, 15) is 19.5 Å². The van der Waals surface area contributed by atoms with Crippen molar-refractivity contribution in [3.63, 3.8) is 0 Å². The number of ether oxygens (including phenoxy) is 1. The number of benzene rings is 4. The van der Waals surface area contributed by atoms with Crippen molar-refractivity contribution in [1.82, 2.24) is 14.4 Å². The van der Waals surface area contributed by atoms with Gasteiger partial charge < -0.3 is 24.2 Å². The summed E-state index contributed by atoms with van der Waals surface area (Å²) in [5, 5.41) is 9.76. The number of fused-ring (bicyclic) bond motifs is 2. The van der Waals surface area contributed by atoms with Gasteiger partial charge >= 0.3 is 6.09 Å². The van der Waals surface area contributed by atoms with Gasteiger partial charge in [-0.3, -0.25) is 14.5 Å². The third-order valence-corrected chi connectivity index (χ3v) is 10.1. The smallest absolute Gasteiger partial charge is 0.407 e. The van der Waals surface area contributed by atoms with E-state index in [-0.39, 0.29) is 30.9 Å². The number of hydrogen-bond donors (Lipinski definition) is 1. The summed E-state index contributed by atoms with van der Waals surface area (Å²) in [6.45, 7) is 5.37. The average Bonchev–Trinajstić information content (AvgIpc) is 3.69. The lowest BCUT2D eigenvalue weighted by Gasteiger charge is -2.35. The highest BCUT2D eigenvalue weighted by molar-refractivity contribution is 6.08. The summed E-state index contributed by atoms with van der Waals surface area (Å²) in [6, 6.07) is 31.2. The van der Waals surface area contributed by atoms with Crippen LogP contribution in [0.4, 0.5) is 10.5 Å². The quantitative estimate of drug-likeness (QED) is 0.195. The maximum absolute atomic E-state index is 14.5. The molecule has 2 aliphatic heterocycles. The minimum atomic E-state index is -1.00. The molecule has 1 aromatic heterocycles. The number of anilines is 1. The molecular formula is C41H40N4O5. The number of carbonyl (C=O) groups is 3. The Kier molecular flexibility index (Phi) is 8.65. The Balaban J connectivity index is 1.20. The number of carboxylic acid groups (broad SMARTS) is 1. The van der Waals surface area contributed by atoms with Crippen LogP contribution in [-0.4, -0.2) is 50.5 Å².